The Morgan fingerprint density at radius 1 is 1.05 bits per heavy atom. The summed E-state index contributed by atoms with van der Waals surface area (Å²) in [7, 11) is -3.68. The third-order valence-corrected chi connectivity index (χ3v) is 9.20. The molecule has 3 aromatic rings. The fourth-order valence-corrected chi connectivity index (χ4v) is 6.12. The molecule has 0 radical (unpaired) electrons. The standard InChI is InChI=1S/C29H30Cl2FN3O6S/c1-20(29(37)33-17-22-4-5-23(30)16-27(22)31)35(18-21-2-6-24(32)7-3-21)28(36)19-41-25-8-10-26(11-9-25)42(38,39)34-12-14-40-15-13-34/h2-11,16,20H,12-15,17-19H2,1H3,(H,33,37). The molecule has 1 atom stereocenters. The van der Waals surface area contributed by atoms with Gasteiger partial charge in [0.1, 0.15) is 17.6 Å². The summed E-state index contributed by atoms with van der Waals surface area (Å²) in [5.74, 6) is -1.09. The van der Waals surface area contributed by atoms with Gasteiger partial charge in [0.05, 0.1) is 18.1 Å². The van der Waals surface area contributed by atoms with Gasteiger partial charge in [0.15, 0.2) is 6.61 Å². The lowest BCUT2D eigenvalue weighted by Gasteiger charge is -2.29. The molecular formula is C29H30Cl2FN3O6S. The first kappa shape index (κ1) is 31.7. The predicted octanol–water partition coefficient (Wildman–Crippen LogP) is 4.27. The highest BCUT2D eigenvalue weighted by atomic mass is 35.5. The number of rotatable bonds is 11. The van der Waals surface area contributed by atoms with Gasteiger partial charge >= 0.3 is 0 Å². The van der Waals surface area contributed by atoms with Gasteiger partial charge in [-0.25, -0.2) is 12.8 Å². The first-order valence-electron chi connectivity index (χ1n) is 13.1. The number of benzene rings is 3. The molecule has 224 valence electrons. The average molecular weight is 639 g/mol. The number of carbonyl (C=O) groups excluding carboxylic acids is 2. The molecule has 13 heteroatoms. The third kappa shape index (κ3) is 8.20. The number of amides is 2. The number of morpholine rings is 1. The minimum absolute atomic E-state index is 0.0233. The van der Waals surface area contributed by atoms with E-state index in [-0.39, 0.29) is 36.8 Å². The maximum Gasteiger partial charge on any atom is 0.261 e. The molecule has 1 unspecified atom stereocenters. The van der Waals surface area contributed by atoms with Gasteiger partial charge in [-0.15, -0.1) is 0 Å². The normalized spacial score (nSPS) is 14.7. The minimum Gasteiger partial charge on any atom is -0.484 e. The fourth-order valence-electron chi connectivity index (χ4n) is 4.24. The molecule has 0 aliphatic carbocycles. The van der Waals surface area contributed by atoms with E-state index in [1.807, 2.05) is 0 Å². The van der Waals surface area contributed by atoms with Crippen molar-refractivity contribution < 1.29 is 31.9 Å². The van der Waals surface area contributed by atoms with E-state index in [1.165, 1.54) is 57.7 Å². The Morgan fingerprint density at radius 3 is 2.36 bits per heavy atom. The van der Waals surface area contributed by atoms with Crippen molar-refractivity contribution in [1.82, 2.24) is 14.5 Å². The Morgan fingerprint density at radius 2 is 1.71 bits per heavy atom. The minimum atomic E-state index is -3.68. The summed E-state index contributed by atoms with van der Waals surface area (Å²) in [4.78, 5) is 27.8. The van der Waals surface area contributed by atoms with E-state index in [0.717, 1.165) is 0 Å². The summed E-state index contributed by atoms with van der Waals surface area (Å²) in [5.41, 5.74) is 1.27. The highest BCUT2D eigenvalue weighted by Crippen LogP contribution is 2.22. The van der Waals surface area contributed by atoms with Gasteiger partial charge in [-0.3, -0.25) is 9.59 Å². The zero-order valence-electron chi connectivity index (χ0n) is 22.8. The molecule has 2 amide bonds. The highest BCUT2D eigenvalue weighted by molar-refractivity contribution is 7.89. The Labute approximate surface area is 254 Å². The summed E-state index contributed by atoms with van der Waals surface area (Å²) in [6, 6.07) is 15.4. The van der Waals surface area contributed by atoms with Crippen LogP contribution in [0.2, 0.25) is 10.0 Å². The fraction of sp³-hybridized carbons (Fsp3) is 0.310. The van der Waals surface area contributed by atoms with Crippen molar-refractivity contribution in [3.05, 3.63) is 93.7 Å². The quantitative estimate of drug-likeness (QED) is 0.337. The van der Waals surface area contributed by atoms with Crippen molar-refractivity contribution in [2.45, 2.75) is 31.0 Å². The second-order valence-corrected chi connectivity index (χ2v) is 12.3. The van der Waals surface area contributed by atoms with Crippen molar-refractivity contribution >= 4 is 45.0 Å². The van der Waals surface area contributed by atoms with E-state index in [2.05, 4.69) is 5.32 Å². The van der Waals surface area contributed by atoms with Crippen LogP contribution in [0.15, 0.2) is 71.6 Å². The maximum absolute atomic E-state index is 13.5. The topological polar surface area (TPSA) is 105 Å². The Balaban J connectivity index is 1.43. The summed E-state index contributed by atoms with van der Waals surface area (Å²) in [5, 5.41) is 3.64. The summed E-state index contributed by atoms with van der Waals surface area (Å²) < 4.78 is 51.4. The number of halogens is 3. The molecule has 1 fully saturated rings. The lowest BCUT2D eigenvalue weighted by molar-refractivity contribution is -0.142. The van der Waals surface area contributed by atoms with Crippen molar-refractivity contribution in [2.75, 3.05) is 32.9 Å². The average Bonchev–Trinajstić information content (AvgIpc) is 2.99. The molecule has 3 aromatic carbocycles. The monoisotopic (exact) mass is 637 g/mol. The van der Waals surface area contributed by atoms with Gasteiger partial charge in [-0.1, -0.05) is 41.4 Å². The molecule has 1 aliphatic heterocycles. The van der Waals surface area contributed by atoms with E-state index < -0.39 is 40.3 Å². The van der Waals surface area contributed by atoms with Crippen molar-refractivity contribution in [2.24, 2.45) is 0 Å². The number of nitrogens with one attached hydrogen (secondary N) is 1. The Hall–Kier alpha value is -3.22. The third-order valence-electron chi connectivity index (χ3n) is 6.70. The molecule has 0 spiro atoms. The van der Waals surface area contributed by atoms with Crippen LogP contribution in [-0.4, -0.2) is 68.4 Å². The molecule has 4 rings (SSSR count). The zero-order valence-corrected chi connectivity index (χ0v) is 25.1. The largest absolute Gasteiger partial charge is 0.484 e. The van der Waals surface area contributed by atoms with E-state index >= 15 is 0 Å². The molecule has 1 heterocycles. The Bertz CT molecular complexity index is 1500. The molecule has 1 N–H and O–H groups in total. The number of sulfonamides is 1. The molecule has 1 saturated heterocycles. The van der Waals surface area contributed by atoms with Gasteiger partial charge in [-0.05, 0) is 66.6 Å². The van der Waals surface area contributed by atoms with Crippen LogP contribution in [0.4, 0.5) is 4.39 Å². The predicted molar refractivity (Wildman–Crippen MR) is 156 cm³/mol. The number of nitrogens with zero attached hydrogens (tertiary/aromatic N) is 2. The van der Waals surface area contributed by atoms with Crippen LogP contribution < -0.4 is 10.1 Å². The van der Waals surface area contributed by atoms with E-state index in [4.69, 9.17) is 32.7 Å². The molecule has 42 heavy (non-hydrogen) atoms. The van der Waals surface area contributed by atoms with Crippen LogP contribution in [0.1, 0.15) is 18.1 Å². The smallest absolute Gasteiger partial charge is 0.261 e. The molecule has 0 bridgehead atoms. The van der Waals surface area contributed by atoms with E-state index in [0.29, 0.717) is 34.4 Å². The van der Waals surface area contributed by atoms with Crippen molar-refractivity contribution in [1.29, 1.82) is 0 Å². The van der Waals surface area contributed by atoms with Crippen LogP contribution in [-0.2, 0) is 37.4 Å². The van der Waals surface area contributed by atoms with Crippen LogP contribution in [0.25, 0.3) is 0 Å². The molecule has 1 aliphatic rings. The second-order valence-electron chi connectivity index (χ2n) is 9.55. The lowest BCUT2D eigenvalue weighted by atomic mass is 10.1. The van der Waals surface area contributed by atoms with Crippen LogP contribution >= 0.6 is 23.2 Å². The first-order chi connectivity index (χ1) is 20.0. The van der Waals surface area contributed by atoms with Crippen LogP contribution in [0.5, 0.6) is 5.75 Å². The lowest BCUT2D eigenvalue weighted by Crippen LogP contribution is -2.48. The Kier molecular flexibility index (Phi) is 10.8. The SMILES string of the molecule is CC(C(=O)NCc1ccc(Cl)cc1Cl)N(Cc1ccc(F)cc1)C(=O)COc1ccc(S(=O)(=O)N2CCOCC2)cc1. The molecule has 0 saturated carbocycles. The summed E-state index contributed by atoms with van der Waals surface area (Å²) in [6.45, 7) is 2.52. The summed E-state index contributed by atoms with van der Waals surface area (Å²) in [6.07, 6.45) is 0. The van der Waals surface area contributed by atoms with Crippen molar-refractivity contribution in [3.8, 4) is 5.75 Å². The number of hydrogen-bond acceptors (Lipinski definition) is 6. The second kappa shape index (κ2) is 14.3. The van der Waals surface area contributed by atoms with Gasteiger partial charge in [0.2, 0.25) is 15.9 Å². The van der Waals surface area contributed by atoms with Gasteiger partial charge in [-0.2, -0.15) is 4.31 Å². The maximum atomic E-state index is 13.5. The molecular weight excluding hydrogens is 608 g/mol. The first-order valence-corrected chi connectivity index (χ1v) is 15.3. The van der Waals surface area contributed by atoms with Gasteiger partial charge < -0.3 is 19.7 Å². The van der Waals surface area contributed by atoms with Crippen LogP contribution in [0, 0.1) is 5.82 Å². The zero-order chi connectivity index (χ0) is 30.3. The highest BCUT2D eigenvalue weighted by Gasteiger charge is 2.28. The van der Waals surface area contributed by atoms with E-state index in [1.54, 1.807) is 25.1 Å². The number of ether oxygens (including phenoxy) is 2. The summed E-state index contributed by atoms with van der Waals surface area (Å²) >= 11 is 12.2. The number of carbonyl (C=O) groups is 2. The van der Waals surface area contributed by atoms with E-state index in [9.17, 15) is 22.4 Å². The van der Waals surface area contributed by atoms with Gasteiger partial charge in [0.25, 0.3) is 5.91 Å². The van der Waals surface area contributed by atoms with Gasteiger partial charge in [0, 0.05) is 36.2 Å². The van der Waals surface area contributed by atoms with Crippen LogP contribution in [0.3, 0.4) is 0 Å². The van der Waals surface area contributed by atoms with Crippen molar-refractivity contribution in [3.63, 3.8) is 0 Å². The molecule has 9 nitrogen and oxygen atoms in total. The number of hydrogen-bond donors (Lipinski definition) is 1. The molecule has 0 aromatic heterocycles.